The molecule has 0 heterocycles. The number of amides is 1. The maximum Gasteiger partial charge on any atom is 0.249 e. The average Bonchev–Trinajstić information content (AvgIpc) is 2.34. The molecule has 1 aromatic carbocycles. The normalized spacial score (nSPS) is 10.4. The Morgan fingerprint density at radius 3 is 2.88 bits per heavy atom. The third-order valence-corrected chi connectivity index (χ3v) is 2.44. The van der Waals surface area contributed by atoms with E-state index in [-0.39, 0.29) is 5.91 Å². The summed E-state index contributed by atoms with van der Waals surface area (Å²) in [5.41, 5.74) is 6.83. The standard InChI is InChI=1S/C13H20N2O2/c1-2-17-9-5-8-15-10-11-6-3-4-7-12(11)13(14)16/h3-4,6-7,15H,2,5,8-10H2,1H3,(H2,14,16). The number of benzene rings is 1. The van der Waals surface area contributed by atoms with Crippen LogP contribution in [0.4, 0.5) is 0 Å². The van der Waals surface area contributed by atoms with Gasteiger partial charge in [0.2, 0.25) is 5.91 Å². The molecule has 0 saturated heterocycles. The minimum absolute atomic E-state index is 0.378. The summed E-state index contributed by atoms with van der Waals surface area (Å²) in [5.74, 6) is -0.378. The molecule has 0 fully saturated rings. The van der Waals surface area contributed by atoms with Gasteiger partial charge in [0.05, 0.1) is 0 Å². The lowest BCUT2D eigenvalue weighted by Gasteiger charge is -2.08. The number of rotatable bonds is 8. The van der Waals surface area contributed by atoms with Crippen LogP contribution in [0.25, 0.3) is 0 Å². The second-order valence-corrected chi connectivity index (χ2v) is 3.75. The van der Waals surface area contributed by atoms with E-state index in [1.807, 2.05) is 25.1 Å². The zero-order valence-electron chi connectivity index (χ0n) is 10.2. The topological polar surface area (TPSA) is 64.3 Å². The molecule has 94 valence electrons. The van der Waals surface area contributed by atoms with Crippen LogP contribution in [-0.4, -0.2) is 25.7 Å². The second kappa shape index (κ2) is 7.81. The molecule has 0 aliphatic rings. The van der Waals surface area contributed by atoms with Crippen LogP contribution >= 0.6 is 0 Å². The lowest BCUT2D eigenvalue weighted by Crippen LogP contribution is -2.20. The van der Waals surface area contributed by atoms with Gasteiger partial charge in [0, 0.05) is 25.3 Å². The zero-order valence-corrected chi connectivity index (χ0v) is 10.2. The third kappa shape index (κ3) is 4.97. The van der Waals surface area contributed by atoms with Crippen molar-refractivity contribution in [1.82, 2.24) is 5.32 Å². The zero-order chi connectivity index (χ0) is 12.5. The quantitative estimate of drug-likeness (QED) is 0.669. The number of primary amides is 1. The molecule has 1 rings (SSSR count). The van der Waals surface area contributed by atoms with E-state index in [9.17, 15) is 4.79 Å². The van der Waals surface area contributed by atoms with Crippen LogP contribution in [0.15, 0.2) is 24.3 Å². The minimum Gasteiger partial charge on any atom is -0.382 e. The van der Waals surface area contributed by atoms with Gasteiger partial charge in [-0.2, -0.15) is 0 Å². The summed E-state index contributed by atoms with van der Waals surface area (Å²) in [6.07, 6.45) is 0.965. The monoisotopic (exact) mass is 236 g/mol. The summed E-state index contributed by atoms with van der Waals surface area (Å²) in [6.45, 7) is 5.03. The molecule has 0 bridgehead atoms. The summed E-state index contributed by atoms with van der Waals surface area (Å²) >= 11 is 0. The maximum absolute atomic E-state index is 11.2. The van der Waals surface area contributed by atoms with Crippen molar-refractivity contribution >= 4 is 5.91 Å². The molecule has 0 aliphatic heterocycles. The van der Waals surface area contributed by atoms with Gasteiger partial charge in [-0.25, -0.2) is 0 Å². The minimum atomic E-state index is -0.378. The molecule has 0 aliphatic carbocycles. The van der Waals surface area contributed by atoms with Crippen LogP contribution in [0.5, 0.6) is 0 Å². The Bertz CT molecular complexity index is 353. The number of carbonyl (C=O) groups is 1. The van der Waals surface area contributed by atoms with Crippen LogP contribution < -0.4 is 11.1 Å². The van der Waals surface area contributed by atoms with E-state index >= 15 is 0 Å². The van der Waals surface area contributed by atoms with Gasteiger partial charge in [0.1, 0.15) is 0 Å². The number of carbonyl (C=O) groups excluding carboxylic acids is 1. The van der Waals surface area contributed by atoms with E-state index in [0.29, 0.717) is 12.1 Å². The number of hydrogen-bond donors (Lipinski definition) is 2. The van der Waals surface area contributed by atoms with Gasteiger partial charge in [-0.1, -0.05) is 18.2 Å². The third-order valence-electron chi connectivity index (χ3n) is 2.44. The first-order valence-corrected chi connectivity index (χ1v) is 5.92. The second-order valence-electron chi connectivity index (χ2n) is 3.75. The first kappa shape index (κ1) is 13.7. The highest BCUT2D eigenvalue weighted by Crippen LogP contribution is 2.07. The smallest absolute Gasteiger partial charge is 0.249 e. The van der Waals surface area contributed by atoms with Crippen molar-refractivity contribution in [1.29, 1.82) is 0 Å². The molecular formula is C13H20N2O2. The highest BCUT2D eigenvalue weighted by molar-refractivity contribution is 5.94. The molecule has 0 aromatic heterocycles. The Kier molecular flexibility index (Phi) is 6.29. The summed E-state index contributed by atoms with van der Waals surface area (Å²) in [6, 6.07) is 7.39. The lowest BCUT2D eigenvalue weighted by molar-refractivity contribution is 0.0999. The highest BCUT2D eigenvalue weighted by Gasteiger charge is 2.05. The van der Waals surface area contributed by atoms with Crippen molar-refractivity contribution in [2.75, 3.05) is 19.8 Å². The molecule has 1 amide bonds. The maximum atomic E-state index is 11.2. The average molecular weight is 236 g/mol. The molecule has 0 saturated carbocycles. The number of nitrogens with one attached hydrogen (secondary N) is 1. The van der Waals surface area contributed by atoms with Gasteiger partial charge in [-0.05, 0) is 31.5 Å². The fourth-order valence-corrected chi connectivity index (χ4v) is 1.58. The van der Waals surface area contributed by atoms with E-state index in [1.165, 1.54) is 0 Å². The molecule has 17 heavy (non-hydrogen) atoms. The molecule has 4 nitrogen and oxygen atoms in total. The van der Waals surface area contributed by atoms with Crippen molar-refractivity contribution in [2.24, 2.45) is 5.73 Å². The van der Waals surface area contributed by atoms with E-state index in [0.717, 1.165) is 31.7 Å². The van der Waals surface area contributed by atoms with Gasteiger partial charge in [-0.15, -0.1) is 0 Å². The lowest BCUT2D eigenvalue weighted by atomic mass is 10.1. The first-order valence-electron chi connectivity index (χ1n) is 5.92. The molecule has 0 unspecified atom stereocenters. The van der Waals surface area contributed by atoms with Gasteiger partial charge in [0.15, 0.2) is 0 Å². The molecule has 1 aromatic rings. The van der Waals surface area contributed by atoms with E-state index < -0.39 is 0 Å². The van der Waals surface area contributed by atoms with Crippen molar-refractivity contribution in [2.45, 2.75) is 19.9 Å². The van der Waals surface area contributed by atoms with Gasteiger partial charge < -0.3 is 15.8 Å². The highest BCUT2D eigenvalue weighted by atomic mass is 16.5. The molecule has 4 heteroatoms. The van der Waals surface area contributed by atoms with Gasteiger partial charge in [0.25, 0.3) is 0 Å². The Morgan fingerprint density at radius 1 is 1.41 bits per heavy atom. The number of ether oxygens (including phenoxy) is 1. The summed E-state index contributed by atoms with van der Waals surface area (Å²) in [5, 5.41) is 3.27. The SMILES string of the molecule is CCOCCCNCc1ccccc1C(N)=O. The Morgan fingerprint density at radius 2 is 2.18 bits per heavy atom. The van der Waals surface area contributed by atoms with Crippen molar-refractivity contribution in [3.8, 4) is 0 Å². The Hall–Kier alpha value is -1.39. The largest absolute Gasteiger partial charge is 0.382 e. The fourth-order valence-electron chi connectivity index (χ4n) is 1.58. The Balaban J connectivity index is 2.34. The molecular weight excluding hydrogens is 216 g/mol. The van der Waals surface area contributed by atoms with Gasteiger partial charge in [-0.3, -0.25) is 4.79 Å². The summed E-state index contributed by atoms with van der Waals surface area (Å²) in [4.78, 5) is 11.2. The molecule has 0 atom stereocenters. The van der Waals surface area contributed by atoms with Gasteiger partial charge >= 0.3 is 0 Å². The van der Waals surface area contributed by atoms with Crippen LogP contribution in [0.2, 0.25) is 0 Å². The van der Waals surface area contributed by atoms with Crippen molar-refractivity contribution in [3.05, 3.63) is 35.4 Å². The molecule has 0 radical (unpaired) electrons. The van der Waals surface area contributed by atoms with E-state index in [4.69, 9.17) is 10.5 Å². The van der Waals surface area contributed by atoms with Crippen LogP contribution in [0, 0.1) is 0 Å². The van der Waals surface area contributed by atoms with Crippen molar-refractivity contribution in [3.63, 3.8) is 0 Å². The van der Waals surface area contributed by atoms with Crippen molar-refractivity contribution < 1.29 is 9.53 Å². The number of hydrogen-bond acceptors (Lipinski definition) is 3. The number of nitrogens with two attached hydrogens (primary N) is 1. The molecule has 0 spiro atoms. The van der Waals surface area contributed by atoms with Crippen LogP contribution in [-0.2, 0) is 11.3 Å². The van der Waals surface area contributed by atoms with E-state index in [1.54, 1.807) is 6.07 Å². The predicted molar refractivity (Wildman–Crippen MR) is 67.8 cm³/mol. The predicted octanol–water partition coefficient (Wildman–Crippen LogP) is 1.30. The van der Waals surface area contributed by atoms with Crippen LogP contribution in [0.3, 0.4) is 0 Å². The first-order chi connectivity index (χ1) is 8.25. The fraction of sp³-hybridized carbons (Fsp3) is 0.462. The summed E-state index contributed by atoms with van der Waals surface area (Å²) in [7, 11) is 0. The Labute approximate surface area is 102 Å². The van der Waals surface area contributed by atoms with Crippen LogP contribution in [0.1, 0.15) is 29.3 Å². The van der Waals surface area contributed by atoms with E-state index in [2.05, 4.69) is 5.32 Å². The summed E-state index contributed by atoms with van der Waals surface area (Å²) < 4.78 is 5.23. The molecule has 3 N–H and O–H groups in total.